The smallest absolute Gasteiger partial charge is 0.303 e. The number of nitrogens with one attached hydrogen (secondary N) is 1. The van der Waals surface area contributed by atoms with Gasteiger partial charge in [0.2, 0.25) is 0 Å². The van der Waals surface area contributed by atoms with Crippen molar-refractivity contribution in [2.45, 2.75) is 12.7 Å². The molecule has 0 unspecified atom stereocenters. The maximum Gasteiger partial charge on any atom is 0.436 e. The molecule has 2 aromatic heterocycles. The molecule has 0 bridgehead atoms. The zero-order valence-corrected chi connectivity index (χ0v) is 17.5. The van der Waals surface area contributed by atoms with Crippen LogP contribution in [0.1, 0.15) is 21.7 Å². The number of aromatic nitrogens is 4. The molecule has 1 amide bonds. The highest BCUT2D eigenvalue weighted by Gasteiger charge is 2.39. The summed E-state index contributed by atoms with van der Waals surface area (Å²) in [4.78, 5) is 12.4. The lowest BCUT2D eigenvalue weighted by atomic mass is 10.2. The predicted octanol–water partition coefficient (Wildman–Crippen LogP) is 5.14. The fourth-order valence-corrected chi connectivity index (χ4v) is 3.49. The van der Waals surface area contributed by atoms with Crippen LogP contribution in [0.5, 0.6) is 0 Å². The Morgan fingerprint density at radius 3 is 2.55 bits per heavy atom. The van der Waals surface area contributed by atoms with Crippen LogP contribution in [0.4, 0.5) is 23.4 Å². The quantitative estimate of drug-likeness (QED) is 0.490. The van der Waals surface area contributed by atoms with Gasteiger partial charge in [-0.1, -0.05) is 29.3 Å². The molecule has 13 heteroatoms. The number of anilines is 1. The molecule has 29 heavy (non-hydrogen) atoms. The molecule has 6 nitrogen and oxygen atoms in total. The van der Waals surface area contributed by atoms with Gasteiger partial charge in [-0.2, -0.15) is 23.4 Å². The number of benzene rings is 1. The van der Waals surface area contributed by atoms with Gasteiger partial charge in [0.15, 0.2) is 11.5 Å². The lowest BCUT2D eigenvalue weighted by Crippen LogP contribution is -2.17. The lowest BCUT2D eigenvalue weighted by Gasteiger charge is -2.06. The van der Waals surface area contributed by atoms with Crippen LogP contribution in [0.2, 0.25) is 10.0 Å². The van der Waals surface area contributed by atoms with Crippen LogP contribution < -0.4 is 5.32 Å². The number of carbonyl (C=O) groups excluding carboxylic acids is 1. The average molecular weight is 515 g/mol. The van der Waals surface area contributed by atoms with Crippen LogP contribution in [0.15, 0.2) is 28.9 Å². The molecular formula is C16H10BrCl2F4N5O. The summed E-state index contributed by atoms with van der Waals surface area (Å²) < 4.78 is 55.0. The van der Waals surface area contributed by atoms with Crippen molar-refractivity contribution >= 4 is 50.9 Å². The minimum Gasteiger partial charge on any atom is -0.303 e. The first kappa shape index (κ1) is 21.6. The molecule has 2 heterocycles. The molecule has 0 saturated carbocycles. The van der Waals surface area contributed by atoms with Crippen molar-refractivity contribution in [1.29, 1.82) is 0 Å². The molecule has 0 spiro atoms. The van der Waals surface area contributed by atoms with Crippen LogP contribution in [-0.4, -0.2) is 25.5 Å². The average Bonchev–Trinajstić information content (AvgIpc) is 3.10. The van der Waals surface area contributed by atoms with Crippen LogP contribution in [0.3, 0.4) is 0 Å². The monoisotopic (exact) mass is 513 g/mol. The maximum atomic E-state index is 13.9. The molecule has 154 valence electrons. The Hall–Kier alpha value is -2.11. The van der Waals surface area contributed by atoms with Gasteiger partial charge in [0.25, 0.3) is 5.91 Å². The van der Waals surface area contributed by atoms with Gasteiger partial charge in [0, 0.05) is 23.8 Å². The number of amides is 1. The zero-order valence-electron chi connectivity index (χ0n) is 14.4. The first-order chi connectivity index (χ1) is 13.5. The van der Waals surface area contributed by atoms with Crippen molar-refractivity contribution in [3.63, 3.8) is 0 Å². The van der Waals surface area contributed by atoms with Gasteiger partial charge in [-0.15, -0.1) is 0 Å². The van der Waals surface area contributed by atoms with Crippen molar-refractivity contribution < 1.29 is 22.4 Å². The van der Waals surface area contributed by atoms with E-state index in [2.05, 4.69) is 31.4 Å². The molecule has 3 aromatic rings. The fraction of sp³-hybridized carbons (Fsp3) is 0.188. The van der Waals surface area contributed by atoms with Crippen LogP contribution >= 0.6 is 39.1 Å². The second-order valence-corrected chi connectivity index (χ2v) is 7.45. The molecular weight excluding hydrogens is 505 g/mol. The molecule has 3 rings (SSSR count). The molecule has 0 radical (unpaired) electrons. The number of alkyl halides is 3. The summed E-state index contributed by atoms with van der Waals surface area (Å²) in [5, 5.41) is 9.06. The Morgan fingerprint density at radius 1 is 1.28 bits per heavy atom. The summed E-state index contributed by atoms with van der Waals surface area (Å²) in [6.07, 6.45) is -3.36. The van der Waals surface area contributed by atoms with Crippen molar-refractivity contribution in [3.8, 4) is 0 Å². The second kappa shape index (κ2) is 7.96. The van der Waals surface area contributed by atoms with Crippen LogP contribution in [-0.2, 0) is 19.8 Å². The van der Waals surface area contributed by atoms with E-state index in [1.165, 1.54) is 29.1 Å². The highest BCUT2D eigenvalue weighted by atomic mass is 79.9. The number of carbonyl (C=O) groups is 1. The molecule has 1 N–H and O–H groups in total. The minimum atomic E-state index is -4.81. The fourth-order valence-electron chi connectivity index (χ4n) is 2.50. The molecule has 0 atom stereocenters. The summed E-state index contributed by atoms with van der Waals surface area (Å²) in [5.74, 6) is -1.49. The Labute approximate surface area is 179 Å². The third-order valence-corrected chi connectivity index (χ3v) is 5.10. The van der Waals surface area contributed by atoms with E-state index in [1.807, 2.05) is 0 Å². The van der Waals surface area contributed by atoms with E-state index in [4.69, 9.17) is 23.2 Å². The van der Waals surface area contributed by atoms with Crippen molar-refractivity contribution in [3.05, 3.63) is 61.7 Å². The lowest BCUT2D eigenvalue weighted by molar-refractivity contribution is -0.141. The van der Waals surface area contributed by atoms with Crippen LogP contribution in [0.25, 0.3) is 0 Å². The molecule has 0 aliphatic heterocycles. The van der Waals surface area contributed by atoms with E-state index in [0.29, 0.717) is 4.47 Å². The number of halogens is 7. The normalized spacial score (nSPS) is 11.7. The second-order valence-electron chi connectivity index (χ2n) is 5.81. The topological polar surface area (TPSA) is 64.7 Å². The zero-order chi connectivity index (χ0) is 21.5. The van der Waals surface area contributed by atoms with Gasteiger partial charge in [-0.3, -0.25) is 14.2 Å². The van der Waals surface area contributed by atoms with E-state index < -0.39 is 34.3 Å². The standard InChI is InChI=1S/C16H10BrCl2F4N5O/c1-27-12(11(19)13(25-27)16(21,22)23)15(29)24-14-8(17)6-28(26-14)5-7-9(18)3-2-4-10(7)20/h2-4,6H,5H2,1H3,(H,24,26,29). The molecule has 0 aliphatic carbocycles. The summed E-state index contributed by atoms with van der Waals surface area (Å²) >= 11 is 14.9. The van der Waals surface area contributed by atoms with Gasteiger partial charge in [0.1, 0.15) is 16.5 Å². The van der Waals surface area contributed by atoms with Crippen molar-refractivity contribution in [2.24, 2.45) is 7.05 Å². The van der Waals surface area contributed by atoms with E-state index in [9.17, 15) is 22.4 Å². The maximum absolute atomic E-state index is 13.9. The van der Waals surface area contributed by atoms with Gasteiger partial charge >= 0.3 is 6.18 Å². The van der Waals surface area contributed by atoms with E-state index >= 15 is 0 Å². The van der Waals surface area contributed by atoms with Gasteiger partial charge in [-0.25, -0.2) is 4.39 Å². The van der Waals surface area contributed by atoms with Crippen molar-refractivity contribution in [2.75, 3.05) is 5.32 Å². The summed E-state index contributed by atoms with van der Waals surface area (Å²) in [6, 6.07) is 4.22. The Balaban J connectivity index is 1.85. The third-order valence-electron chi connectivity index (χ3n) is 3.80. The van der Waals surface area contributed by atoms with E-state index in [-0.39, 0.29) is 22.9 Å². The SMILES string of the molecule is Cn1nc(C(F)(F)F)c(Cl)c1C(=O)Nc1nn(Cc2c(F)cccc2Cl)cc1Br. The third kappa shape index (κ3) is 4.41. The first-order valence-corrected chi connectivity index (χ1v) is 9.30. The predicted molar refractivity (Wildman–Crippen MR) is 102 cm³/mol. The van der Waals surface area contributed by atoms with Gasteiger partial charge < -0.3 is 5.32 Å². The number of hydrogen-bond acceptors (Lipinski definition) is 3. The summed E-state index contributed by atoms with van der Waals surface area (Å²) in [6.45, 7) is -0.0370. The highest BCUT2D eigenvalue weighted by Crippen LogP contribution is 2.35. The van der Waals surface area contributed by atoms with Gasteiger partial charge in [0.05, 0.1) is 11.0 Å². The number of rotatable bonds is 4. The van der Waals surface area contributed by atoms with E-state index in [1.54, 1.807) is 0 Å². The van der Waals surface area contributed by atoms with Gasteiger partial charge in [-0.05, 0) is 28.1 Å². The molecule has 0 fully saturated rings. The number of hydrogen-bond donors (Lipinski definition) is 1. The molecule has 0 saturated heterocycles. The number of aryl methyl sites for hydroxylation is 1. The minimum absolute atomic E-state index is 0.00622. The first-order valence-electron chi connectivity index (χ1n) is 7.76. The Bertz CT molecular complexity index is 1080. The largest absolute Gasteiger partial charge is 0.436 e. The molecule has 1 aromatic carbocycles. The number of nitrogens with zero attached hydrogens (tertiary/aromatic N) is 4. The Kier molecular flexibility index (Phi) is 5.93. The summed E-state index contributed by atoms with van der Waals surface area (Å²) in [5.41, 5.74) is -1.67. The van der Waals surface area contributed by atoms with Crippen LogP contribution in [0, 0.1) is 5.82 Å². The van der Waals surface area contributed by atoms with Crippen molar-refractivity contribution in [1.82, 2.24) is 19.6 Å². The Morgan fingerprint density at radius 2 is 1.97 bits per heavy atom. The summed E-state index contributed by atoms with van der Waals surface area (Å²) in [7, 11) is 1.16. The molecule has 0 aliphatic rings. The van der Waals surface area contributed by atoms with E-state index in [0.717, 1.165) is 11.7 Å². The highest BCUT2D eigenvalue weighted by molar-refractivity contribution is 9.10.